The first-order valence-corrected chi connectivity index (χ1v) is 10.9. The maximum Gasteiger partial charge on any atom is 0.326 e. The van der Waals surface area contributed by atoms with Gasteiger partial charge in [0.25, 0.3) is 0 Å². The average molecular weight is 476 g/mol. The largest absolute Gasteiger partial charge is 0.480 e. The van der Waals surface area contributed by atoms with Gasteiger partial charge in [-0.1, -0.05) is 12.1 Å². The molecule has 30 heavy (non-hydrogen) atoms. The number of carbonyl (C=O) groups is 2. The summed E-state index contributed by atoms with van der Waals surface area (Å²) in [7, 11) is 0. The molecular weight excluding hydrogens is 450 g/mol. The highest BCUT2D eigenvalue weighted by molar-refractivity contribution is 9.10. The number of amides is 1. The molecule has 1 atom stereocenters. The van der Waals surface area contributed by atoms with Crippen LogP contribution in [0.5, 0.6) is 11.6 Å². The van der Waals surface area contributed by atoms with Crippen molar-refractivity contribution >= 4 is 27.8 Å². The van der Waals surface area contributed by atoms with Gasteiger partial charge >= 0.3 is 5.97 Å². The third-order valence-electron chi connectivity index (χ3n) is 5.43. The van der Waals surface area contributed by atoms with Crippen LogP contribution in [0, 0.1) is 11.8 Å². The molecule has 1 aliphatic rings. The van der Waals surface area contributed by atoms with Crippen LogP contribution in [0.2, 0.25) is 0 Å². The molecule has 1 aromatic heterocycles. The number of hydrogen-bond donors (Lipinski definition) is 3. The van der Waals surface area contributed by atoms with Gasteiger partial charge in [-0.2, -0.15) is 0 Å². The third-order valence-corrected chi connectivity index (χ3v) is 5.90. The van der Waals surface area contributed by atoms with Crippen molar-refractivity contribution in [2.24, 2.45) is 17.6 Å². The monoisotopic (exact) mass is 475 g/mol. The normalized spacial score (nSPS) is 19.7. The Morgan fingerprint density at radius 2 is 2.00 bits per heavy atom. The molecule has 0 spiro atoms. The predicted molar refractivity (Wildman–Crippen MR) is 116 cm³/mol. The van der Waals surface area contributed by atoms with E-state index in [9.17, 15) is 14.7 Å². The van der Waals surface area contributed by atoms with Crippen molar-refractivity contribution < 1.29 is 19.4 Å². The molecule has 8 heteroatoms. The Balaban J connectivity index is 1.61. The van der Waals surface area contributed by atoms with Gasteiger partial charge in [0, 0.05) is 29.1 Å². The number of nitrogens with two attached hydrogens (primary N) is 1. The van der Waals surface area contributed by atoms with Gasteiger partial charge < -0.3 is 20.9 Å². The van der Waals surface area contributed by atoms with Crippen LogP contribution in [-0.2, 0) is 16.0 Å². The summed E-state index contributed by atoms with van der Waals surface area (Å²) in [5.41, 5.74) is 6.46. The molecule has 1 saturated carbocycles. The zero-order valence-electron chi connectivity index (χ0n) is 16.6. The van der Waals surface area contributed by atoms with Crippen LogP contribution in [0.15, 0.2) is 47.1 Å². The highest BCUT2D eigenvalue weighted by Crippen LogP contribution is 2.28. The van der Waals surface area contributed by atoms with E-state index in [4.69, 9.17) is 10.5 Å². The molecule has 7 nitrogen and oxygen atoms in total. The second kappa shape index (κ2) is 10.5. The van der Waals surface area contributed by atoms with Crippen molar-refractivity contribution in [3.8, 4) is 11.6 Å². The van der Waals surface area contributed by atoms with Crippen molar-refractivity contribution in [2.45, 2.75) is 38.1 Å². The van der Waals surface area contributed by atoms with E-state index in [2.05, 4.69) is 26.2 Å². The van der Waals surface area contributed by atoms with E-state index in [1.165, 1.54) is 0 Å². The number of pyridine rings is 1. The number of carboxylic acid groups (broad SMARTS) is 1. The summed E-state index contributed by atoms with van der Waals surface area (Å²) in [5, 5.41) is 12.3. The molecule has 0 radical (unpaired) electrons. The van der Waals surface area contributed by atoms with Gasteiger partial charge in [0.1, 0.15) is 11.8 Å². The molecule has 0 bridgehead atoms. The first-order chi connectivity index (χ1) is 14.4. The highest BCUT2D eigenvalue weighted by atomic mass is 79.9. The fourth-order valence-electron chi connectivity index (χ4n) is 3.67. The number of nitrogens with zero attached hydrogens (tertiary/aromatic N) is 1. The van der Waals surface area contributed by atoms with E-state index in [-0.39, 0.29) is 18.2 Å². The number of halogens is 1. The van der Waals surface area contributed by atoms with Crippen LogP contribution in [-0.4, -0.2) is 34.6 Å². The minimum atomic E-state index is -1.06. The molecule has 1 amide bonds. The van der Waals surface area contributed by atoms with Crippen LogP contribution in [0.25, 0.3) is 0 Å². The van der Waals surface area contributed by atoms with Crippen molar-refractivity contribution in [1.82, 2.24) is 10.3 Å². The van der Waals surface area contributed by atoms with Gasteiger partial charge in [0.2, 0.25) is 11.8 Å². The van der Waals surface area contributed by atoms with E-state index in [1.807, 2.05) is 12.1 Å². The predicted octanol–water partition coefficient (Wildman–Crippen LogP) is 3.51. The number of benzene rings is 1. The number of nitrogens with one attached hydrogen (secondary N) is 1. The summed E-state index contributed by atoms with van der Waals surface area (Å²) < 4.78 is 6.58. The summed E-state index contributed by atoms with van der Waals surface area (Å²) in [4.78, 5) is 28.5. The number of aliphatic carboxylic acids is 1. The molecule has 1 aliphatic carbocycles. The summed E-state index contributed by atoms with van der Waals surface area (Å²) in [5.74, 6) is 0.0636. The van der Waals surface area contributed by atoms with E-state index in [0.29, 0.717) is 24.1 Å². The maximum absolute atomic E-state index is 12.6. The van der Waals surface area contributed by atoms with Gasteiger partial charge in [-0.25, -0.2) is 9.78 Å². The molecule has 1 aromatic carbocycles. The van der Waals surface area contributed by atoms with Gasteiger partial charge in [0.15, 0.2) is 0 Å². The first-order valence-electron chi connectivity index (χ1n) is 10.1. The molecule has 4 N–H and O–H groups in total. The fraction of sp³-hybridized carbons (Fsp3) is 0.409. The number of carbonyl (C=O) groups excluding carboxylic acids is 1. The van der Waals surface area contributed by atoms with Gasteiger partial charge in [-0.3, -0.25) is 4.79 Å². The van der Waals surface area contributed by atoms with Crippen LogP contribution < -0.4 is 15.8 Å². The lowest BCUT2D eigenvalue weighted by Gasteiger charge is -2.27. The maximum atomic E-state index is 12.6. The molecule has 0 saturated heterocycles. The Morgan fingerprint density at radius 3 is 2.63 bits per heavy atom. The summed E-state index contributed by atoms with van der Waals surface area (Å²) in [6.45, 7) is 0.639. The van der Waals surface area contributed by atoms with Crippen LogP contribution in [0.3, 0.4) is 0 Å². The zero-order chi connectivity index (χ0) is 21.5. The van der Waals surface area contributed by atoms with Gasteiger partial charge in [-0.05, 0) is 77.8 Å². The van der Waals surface area contributed by atoms with E-state index in [0.717, 1.165) is 35.7 Å². The minimum Gasteiger partial charge on any atom is -0.480 e. The smallest absolute Gasteiger partial charge is 0.326 e. The van der Waals surface area contributed by atoms with Crippen LogP contribution >= 0.6 is 15.9 Å². The number of rotatable bonds is 8. The Labute approximate surface area is 184 Å². The Bertz CT molecular complexity index is 867. The molecule has 1 fully saturated rings. The lowest BCUT2D eigenvalue weighted by atomic mass is 9.81. The number of carboxylic acids is 1. The second-order valence-corrected chi connectivity index (χ2v) is 8.54. The summed E-state index contributed by atoms with van der Waals surface area (Å²) in [6.07, 6.45) is 5.14. The van der Waals surface area contributed by atoms with E-state index >= 15 is 0 Å². The van der Waals surface area contributed by atoms with Gasteiger partial charge in [-0.15, -0.1) is 0 Å². The van der Waals surface area contributed by atoms with E-state index < -0.39 is 12.0 Å². The number of hydrogen-bond acceptors (Lipinski definition) is 5. The standard InChI is InChI=1S/C22H26BrN3O4/c23-17-8-9-20(25-13-17)30-18-3-1-2-15(10-18)11-19(22(28)29)26-21(27)16-6-4-14(12-24)5-7-16/h1-3,8-10,13-14,16,19H,4-7,11-12,24H2,(H,26,27)(H,28,29). The highest BCUT2D eigenvalue weighted by Gasteiger charge is 2.29. The zero-order valence-corrected chi connectivity index (χ0v) is 18.2. The van der Waals surface area contributed by atoms with Crippen LogP contribution in [0.1, 0.15) is 31.2 Å². The Hall–Kier alpha value is -2.45. The van der Waals surface area contributed by atoms with Crippen molar-refractivity contribution in [1.29, 1.82) is 0 Å². The molecule has 160 valence electrons. The fourth-order valence-corrected chi connectivity index (χ4v) is 3.90. The second-order valence-electron chi connectivity index (χ2n) is 7.62. The lowest BCUT2D eigenvalue weighted by Crippen LogP contribution is -2.45. The van der Waals surface area contributed by atoms with Crippen molar-refractivity contribution in [3.63, 3.8) is 0 Å². The van der Waals surface area contributed by atoms with Crippen molar-refractivity contribution in [3.05, 3.63) is 52.6 Å². The number of aromatic nitrogens is 1. The van der Waals surface area contributed by atoms with Gasteiger partial charge in [0.05, 0.1) is 0 Å². The molecule has 1 unspecified atom stereocenters. The minimum absolute atomic E-state index is 0.146. The third kappa shape index (κ3) is 6.27. The molecular formula is C22H26BrN3O4. The summed E-state index contributed by atoms with van der Waals surface area (Å²) in [6, 6.07) is 9.70. The van der Waals surface area contributed by atoms with Crippen LogP contribution in [0.4, 0.5) is 0 Å². The average Bonchev–Trinajstić information content (AvgIpc) is 2.75. The van der Waals surface area contributed by atoms with E-state index in [1.54, 1.807) is 30.5 Å². The topological polar surface area (TPSA) is 115 Å². The molecule has 1 heterocycles. The first kappa shape index (κ1) is 22.2. The molecule has 2 aromatic rings. The SMILES string of the molecule is NCC1CCC(C(=O)NC(Cc2cccc(Oc3ccc(Br)cn3)c2)C(=O)O)CC1. The molecule has 0 aliphatic heterocycles. The van der Waals surface area contributed by atoms with Crippen molar-refractivity contribution in [2.75, 3.05) is 6.54 Å². The number of ether oxygens (including phenoxy) is 1. The summed E-state index contributed by atoms with van der Waals surface area (Å²) >= 11 is 3.32. The lowest BCUT2D eigenvalue weighted by molar-refractivity contribution is -0.142. The molecule has 3 rings (SSSR count). The Kier molecular flexibility index (Phi) is 7.81. The Morgan fingerprint density at radius 1 is 1.23 bits per heavy atom. The quantitative estimate of drug-likeness (QED) is 0.537.